The fourth-order valence-corrected chi connectivity index (χ4v) is 2.54. The van der Waals surface area contributed by atoms with Crippen LogP contribution in [-0.2, 0) is 4.79 Å². The Morgan fingerprint density at radius 3 is 2.56 bits per heavy atom. The van der Waals surface area contributed by atoms with Gasteiger partial charge in [-0.2, -0.15) is 0 Å². The summed E-state index contributed by atoms with van der Waals surface area (Å²) in [5, 5.41) is 2.99. The fraction of sp³-hybridized carbons (Fsp3) is 0.529. The maximum Gasteiger partial charge on any atom is 0.244 e. The van der Waals surface area contributed by atoms with Crippen LogP contribution in [0.5, 0.6) is 11.5 Å². The number of nitrogens with zero attached hydrogens (tertiary/aromatic N) is 2. The van der Waals surface area contributed by atoms with Crippen LogP contribution in [-0.4, -0.2) is 49.6 Å². The summed E-state index contributed by atoms with van der Waals surface area (Å²) < 4.78 is 11.1. The maximum atomic E-state index is 12.0. The quantitative estimate of drug-likeness (QED) is 0.369. The van der Waals surface area contributed by atoms with Crippen LogP contribution in [0.3, 0.4) is 0 Å². The Morgan fingerprint density at radius 1 is 1.24 bits per heavy atom. The number of hydrogen-bond acceptors (Lipinski definition) is 4. The average Bonchev–Trinajstić information content (AvgIpc) is 3.10. The lowest BCUT2D eigenvalue weighted by atomic mass is 10.2. The minimum absolute atomic E-state index is 0. The monoisotopic (exact) mass is 462 g/mol. The van der Waals surface area contributed by atoms with Gasteiger partial charge in [0.1, 0.15) is 18.0 Å². The van der Waals surface area contributed by atoms with Crippen LogP contribution < -0.4 is 20.5 Å². The van der Waals surface area contributed by atoms with Crippen molar-refractivity contribution in [1.29, 1.82) is 0 Å². The van der Waals surface area contributed by atoms with Crippen molar-refractivity contribution in [2.45, 2.75) is 26.7 Å². The Hall–Kier alpha value is -1.71. The molecule has 7 nitrogen and oxygen atoms in total. The van der Waals surface area contributed by atoms with Crippen molar-refractivity contribution in [2.75, 3.05) is 38.2 Å². The number of amides is 1. The van der Waals surface area contributed by atoms with Crippen molar-refractivity contribution in [1.82, 2.24) is 4.90 Å². The molecule has 0 unspecified atom stereocenters. The lowest BCUT2D eigenvalue weighted by Crippen LogP contribution is -2.31. The molecule has 0 radical (unpaired) electrons. The molecule has 3 N–H and O–H groups in total. The zero-order chi connectivity index (χ0) is 17.4. The van der Waals surface area contributed by atoms with Crippen LogP contribution in [0.4, 0.5) is 5.69 Å². The van der Waals surface area contributed by atoms with Crippen molar-refractivity contribution >= 4 is 41.5 Å². The number of carbonyl (C=O) groups excluding carboxylic acids is 1. The number of nitrogens with two attached hydrogens (primary N) is 1. The predicted molar refractivity (Wildman–Crippen MR) is 110 cm³/mol. The fourth-order valence-electron chi connectivity index (χ4n) is 2.54. The minimum Gasteiger partial charge on any atom is -0.494 e. The largest absolute Gasteiger partial charge is 0.494 e. The van der Waals surface area contributed by atoms with Gasteiger partial charge in [-0.3, -0.25) is 4.79 Å². The van der Waals surface area contributed by atoms with Gasteiger partial charge in [-0.25, -0.2) is 4.99 Å². The van der Waals surface area contributed by atoms with E-state index in [-0.39, 0.29) is 42.4 Å². The highest BCUT2D eigenvalue weighted by Crippen LogP contribution is 2.29. The van der Waals surface area contributed by atoms with Crippen LogP contribution in [0.25, 0.3) is 0 Å². The first kappa shape index (κ1) is 21.3. The maximum absolute atomic E-state index is 12.0. The molecule has 0 aromatic heterocycles. The summed E-state index contributed by atoms with van der Waals surface area (Å²) in [5.74, 6) is 1.55. The molecule has 2 rings (SSSR count). The highest BCUT2D eigenvalue weighted by Gasteiger charge is 2.17. The lowest BCUT2D eigenvalue weighted by molar-refractivity contribution is -0.128. The molecule has 1 amide bonds. The van der Waals surface area contributed by atoms with Crippen molar-refractivity contribution in [3.8, 4) is 11.5 Å². The second-order valence-electron chi connectivity index (χ2n) is 5.44. The number of hydrogen-bond donors (Lipinski definition) is 2. The molecule has 0 atom stereocenters. The first-order chi connectivity index (χ1) is 11.6. The van der Waals surface area contributed by atoms with Gasteiger partial charge in [0, 0.05) is 19.2 Å². The normalized spacial score (nSPS) is 14.0. The SMILES string of the molecule is CCOc1ccc(OCC)c(NC(N)=NCC(=O)N2CCCC2)c1.I. The predicted octanol–water partition coefficient (Wildman–Crippen LogP) is 2.45. The van der Waals surface area contributed by atoms with E-state index in [2.05, 4.69) is 10.3 Å². The third kappa shape index (κ3) is 6.60. The summed E-state index contributed by atoms with van der Waals surface area (Å²) in [4.78, 5) is 18.0. The van der Waals surface area contributed by atoms with Crippen LogP contribution in [0, 0.1) is 0 Å². The second-order valence-corrected chi connectivity index (χ2v) is 5.44. The number of ether oxygens (including phenoxy) is 2. The third-order valence-electron chi connectivity index (χ3n) is 3.67. The van der Waals surface area contributed by atoms with Crippen molar-refractivity contribution in [2.24, 2.45) is 10.7 Å². The van der Waals surface area contributed by atoms with E-state index >= 15 is 0 Å². The van der Waals surface area contributed by atoms with Gasteiger partial charge in [0.05, 0.1) is 18.9 Å². The van der Waals surface area contributed by atoms with Gasteiger partial charge in [0.25, 0.3) is 0 Å². The van der Waals surface area contributed by atoms with E-state index in [0.29, 0.717) is 30.4 Å². The van der Waals surface area contributed by atoms with Crippen LogP contribution in [0.2, 0.25) is 0 Å². The molecule has 25 heavy (non-hydrogen) atoms. The highest BCUT2D eigenvalue weighted by molar-refractivity contribution is 14.0. The molecule has 0 bridgehead atoms. The van der Waals surface area contributed by atoms with Gasteiger partial charge in [0.2, 0.25) is 5.91 Å². The number of nitrogens with one attached hydrogen (secondary N) is 1. The molecule has 1 aromatic carbocycles. The van der Waals surface area contributed by atoms with E-state index in [1.165, 1.54) is 0 Å². The summed E-state index contributed by atoms with van der Waals surface area (Å²) >= 11 is 0. The van der Waals surface area contributed by atoms with E-state index in [9.17, 15) is 4.79 Å². The van der Waals surface area contributed by atoms with Gasteiger partial charge < -0.3 is 25.4 Å². The third-order valence-corrected chi connectivity index (χ3v) is 3.67. The molecule has 0 spiro atoms. The average molecular weight is 462 g/mol. The topological polar surface area (TPSA) is 89.2 Å². The molecule has 1 saturated heterocycles. The summed E-state index contributed by atoms with van der Waals surface area (Å²) in [6, 6.07) is 5.46. The lowest BCUT2D eigenvalue weighted by Gasteiger charge is -2.15. The standard InChI is InChI=1S/C17H26N4O3.HI/c1-3-23-13-7-8-15(24-4-2)14(11-13)20-17(18)19-12-16(22)21-9-5-6-10-21;/h7-8,11H,3-6,9-10,12H2,1-2H3,(H3,18,19,20);1H. The van der Waals surface area contributed by atoms with Crippen LogP contribution in [0.15, 0.2) is 23.2 Å². The summed E-state index contributed by atoms with van der Waals surface area (Å²) in [6.45, 7) is 6.61. The van der Waals surface area contributed by atoms with E-state index < -0.39 is 0 Å². The molecule has 0 saturated carbocycles. The molecule has 1 fully saturated rings. The molecule has 8 heteroatoms. The number of carbonyl (C=O) groups is 1. The Labute approximate surface area is 166 Å². The summed E-state index contributed by atoms with van der Waals surface area (Å²) in [7, 11) is 0. The van der Waals surface area contributed by atoms with Crippen LogP contribution in [0.1, 0.15) is 26.7 Å². The molecule has 1 aliphatic heterocycles. The summed E-state index contributed by atoms with van der Waals surface area (Å²) in [6.07, 6.45) is 2.12. The zero-order valence-corrected chi connectivity index (χ0v) is 17.1. The first-order valence-corrected chi connectivity index (χ1v) is 8.38. The molecule has 140 valence electrons. The van der Waals surface area contributed by atoms with Gasteiger partial charge in [-0.1, -0.05) is 0 Å². The Bertz CT molecular complexity index is 589. The molecule has 1 aromatic rings. The second kappa shape index (κ2) is 11.0. The van der Waals surface area contributed by atoms with Crippen LogP contribution >= 0.6 is 24.0 Å². The molecule has 1 aliphatic rings. The number of anilines is 1. The number of halogens is 1. The van der Waals surface area contributed by atoms with E-state index in [4.69, 9.17) is 15.2 Å². The van der Waals surface area contributed by atoms with Gasteiger partial charge in [0.15, 0.2) is 5.96 Å². The number of benzene rings is 1. The molecule has 1 heterocycles. The zero-order valence-electron chi connectivity index (χ0n) is 14.8. The molecular weight excluding hydrogens is 435 g/mol. The van der Waals surface area contributed by atoms with Gasteiger partial charge in [-0.05, 0) is 38.8 Å². The Kier molecular flexibility index (Phi) is 9.40. The number of guanidine groups is 1. The van der Waals surface area contributed by atoms with E-state index in [0.717, 1.165) is 25.9 Å². The van der Waals surface area contributed by atoms with Crippen molar-refractivity contribution < 1.29 is 14.3 Å². The summed E-state index contributed by atoms with van der Waals surface area (Å²) in [5.41, 5.74) is 6.58. The molecular formula is C17H27IN4O3. The molecule has 0 aliphatic carbocycles. The number of rotatable bonds is 7. The van der Waals surface area contributed by atoms with Gasteiger partial charge in [-0.15, -0.1) is 24.0 Å². The Balaban J connectivity index is 0.00000312. The van der Waals surface area contributed by atoms with Crippen molar-refractivity contribution in [3.05, 3.63) is 18.2 Å². The number of likely N-dealkylation sites (tertiary alicyclic amines) is 1. The number of aliphatic imine (C=N–C) groups is 1. The Morgan fingerprint density at radius 2 is 1.92 bits per heavy atom. The first-order valence-electron chi connectivity index (χ1n) is 8.38. The van der Waals surface area contributed by atoms with E-state index in [1.807, 2.05) is 30.9 Å². The van der Waals surface area contributed by atoms with Gasteiger partial charge >= 0.3 is 0 Å². The smallest absolute Gasteiger partial charge is 0.244 e. The minimum atomic E-state index is 0. The van der Waals surface area contributed by atoms with E-state index in [1.54, 1.807) is 6.07 Å². The highest BCUT2D eigenvalue weighted by atomic mass is 127. The van der Waals surface area contributed by atoms with Crippen molar-refractivity contribution in [3.63, 3.8) is 0 Å².